The predicted molar refractivity (Wildman–Crippen MR) is 88.8 cm³/mol. The Morgan fingerprint density at radius 1 is 1.13 bits per heavy atom. The molecule has 0 fully saturated rings. The maximum atomic E-state index is 12.1. The van der Waals surface area contributed by atoms with E-state index >= 15 is 0 Å². The van der Waals surface area contributed by atoms with E-state index in [9.17, 15) is 4.79 Å². The number of esters is 1. The second-order valence-corrected chi connectivity index (χ2v) is 5.66. The molecular weight excluding hydrogens is 358 g/mol. The molecule has 0 aliphatic carbocycles. The first-order chi connectivity index (χ1) is 11.2. The Morgan fingerprint density at radius 2 is 1.96 bits per heavy atom. The van der Waals surface area contributed by atoms with Crippen LogP contribution in [0.25, 0.3) is 0 Å². The molecule has 2 aromatic heterocycles. The zero-order valence-corrected chi connectivity index (χ0v) is 13.8. The number of rotatable bonds is 5. The van der Waals surface area contributed by atoms with Crippen LogP contribution in [0.5, 0.6) is 0 Å². The number of carbonyl (C=O) groups is 1. The normalized spacial score (nSPS) is 10.5. The van der Waals surface area contributed by atoms with E-state index in [4.69, 9.17) is 4.74 Å². The minimum atomic E-state index is -0.451. The molecule has 0 N–H and O–H groups in total. The summed E-state index contributed by atoms with van der Waals surface area (Å²) in [6.07, 6.45) is 3.43. The highest BCUT2D eigenvalue weighted by molar-refractivity contribution is 9.10. The van der Waals surface area contributed by atoms with E-state index < -0.39 is 5.97 Å². The number of nitrogens with zero attached hydrogens (tertiary/aromatic N) is 3. The fourth-order valence-corrected chi connectivity index (χ4v) is 2.44. The Balaban J connectivity index is 1.61. The lowest BCUT2D eigenvalue weighted by Gasteiger charge is -2.04. The molecule has 5 nitrogen and oxygen atoms in total. The summed E-state index contributed by atoms with van der Waals surface area (Å²) in [5, 5.41) is 4.25. The molecule has 0 aliphatic rings. The van der Waals surface area contributed by atoms with Crippen molar-refractivity contribution in [1.29, 1.82) is 0 Å². The van der Waals surface area contributed by atoms with Crippen molar-refractivity contribution >= 4 is 21.9 Å². The molecule has 0 radical (unpaired) electrons. The number of ether oxygens (including phenoxy) is 1. The largest absolute Gasteiger partial charge is 0.456 e. The summed E-state index contributed by atoms with van der Waals surface area (Å²) in [4.78, 5) is 16.1. The van der Waals surface area contributed by atoms with Gasteiger partial charge in [0.2, 0.25) is 0 Å². The summed E-state index contributed by atoms with van der Waals surface area (Å²) < 4.78 is 7.66. The molecule has 0 aliphatic heterocycles. The van der Waals surface area contributed by atoms with Crippen LogP contribution in [0, 0.1) is 0 Å². The fraction of sp³-hybridized carbons (Fsp3) is 0.118. The Labute approximate surface area is 142 Å². The van der Waals surface area contributed by atoms with Crippen molar-refractivity contribution in [2.45, 2.75) is 13.2 Å². The average molecular weight is 372 g/mol. The van der Waals surface area contributed by atoms with Crippen LogP contribution in [0.2, 0.25) is 0 Å². The summed E-state index contributed by atoms with van der Waals surface area (Å²) in [6, 6.07) is 15.2. The van der Waals surface area contributed by atoms with Crippen LogP contribution < -0.4 is 0 Å². The summed E-state index contributed by atoms with van der Waals surface area (Å²) in [5.74, 6) is -0.451. The van der Waals surface area contributed by atoms with Gasteiger partial charge < -0.3 is 4.74 Å². The van der Waals surface area contributed by atoms with E-state index in [2.05, 4.69) is 26.0 Å². The van der Waals surface area contributed by atoms with Gasteiger partial charge in [0.1, 0.15) is 11.2 Å². The molecule has 3 aromatic rings. The Kier molecular flexibility index (Phi) is 4.83. The first-order valence-electron chi connectivity index (χ1n) is 7.06. The molecule has 0 saturated carbocycles. The van der Waals surface area contributed by atoms with E-state index in [0.29, 0.717) is 16.8 Å². The van der Waals surface area contributed by atoms with Crippen LogP contribution in [0.3, 0.4) is 0 Å². The van der Waals surface area contributed by atoms with Gasteiger partial charge in [0, 0.05) is 18.0 Å². The predicted octanol–water partition coefficient (Wildman–Crippen LogP) is 3.45. The number of pyridine rings is 1. The quantitative estimate of drug-likeness (QED) is 0.509. The van der Waals surface area contributed by atoms with Crippen molar-refractivity contribution in [2.75, 3.05) is 0 Å². The van der Waals surface area contributed by atoms with Crippen molar-refractivity contribution in [3.8, 4) is 0 Å². The first-order valence-corrected chi connectivity index (χ1v) is 7.85. The Morgan fingerprint density at radius 3 is 2.74 bits per heavy atom. The molecule has 3 rings (SSSR count). The van der Waals surface area contributed by atoms with Crippen molar-refractivity contribution in [2.24, 2.45) is 0 Å². The van der Waals surface area contributed by atoms with Gasteiger partial charge in [0.15, 0.2) is 5.69 Å². The number of carbonyl (C=O) groups excluding carboxylic acids is 1. The maximum Gasteiger partial charge on any atom is 0.359 e. The zero-order chi connectivity index (χ0) is 16.1. The first kappa shape index (κ1) is 15.4. The van der Waals surface area contributed by atoms with E-state index in [-0.39, 0.29) is 6.61 Å². The maximum absolute atomic E-state index is 12.1. The molecule has 0 bridgehead atoms. The number of aromatic nitrogens is 3. The van der Waals surface area contributed by atoms with Gasteiger partial charge in [-0.15, -0.1) is 0 Å². The standard InChI is InChI=1S/C17H14BrN3O2/c18-16-14(7-4-9-19-16)12-23-17(22)15-8-10-21(20-15)11-13-5-2-1-3-6-13/h1-10H,11-12H2. The molecule has 23 heavy (non-hydrogen) atoms. The second kappa shape index (κ2) is 7.19. The monoisotopic (exact) mass is 371 g/mol. The van der Waals surface area contributed by atoms with Gasteiger partial charge >= 0.3 is 5.97 Å². The number of hydrogen-bond acceptors (Lipinski definition) is 4. The van der Waals surface area contributed by atoms with Gasteiger partial charge in [-0.25, -0.2) is 9.78 Å². The molecule has 1 aromatic carbocycles. The number of halogens is 1. The number of hydrogen-bond donors (Lipinski definition) is 0. The molecule has 0 spiro atoms. The van der Waals surface area contributed by atoms with Crippen LogP contribution in [0.15, 0.2) is 65.5 Å². The minimum Gasteiger partial charge on any atom is -0.456 e. The van der Waals surface area contributed by atoms with Crippen LogP contribution in [-0.4, -0.2) is 20.7 Å². The van der Waals surface area contributed by atoms with Crippen LogP contribution in [0.1, 0.15) is 21.6 Å². The average Bonchev–Trinajstić information content (AvgIpc) is 3.03. The van der Waals surface area contributed by atoms with Crippen LogP contribution >= 0.6 is 15.9 Å². The fourth-order valence-electron chi connectivity index (χ4n) is 2.07. The van der Waals surface area contributed by atoms with E-state index in [0.717, 1.165) is 11.1 Å². The zero-order valence-electron chi connectivity index (χ0n) is 12.2. The third-order valence-electron chi connectivity index (χ3n) is 3.23. The van der Waals surface area contributed by atoms with Crippen molar-refractivity contribution in [3.63, 3.8) is 0 Å². The Hall–Kier alpha value is -2.47. The van der Waals surface area contributed by atoms with Crippen LogP contribution in [-0.2, 0) is 17.9 Å². The summed E-state index contributed by atoms with van der Waals surface area (Å²) in [5.41, 5.74) is 2.22. The van der Waals surface area contributed by atoms with Crippen LogP contribution in [0.4, 0.5) is 0 Å². The third kappa shape index (κ3) is 4.04. The summed E-state index contributed by atoms with van der Waals surface area (Å²) in [7, 11) is 0. The van der Waals surface area contributed by atoms with Gasteiger partial charge in [0.25, 0.3) is 0 Å². The van der Waals surface area contributed by atoms with E-state index in [1.807, 2.05) is 36.4 Å². The SMILES string of the molecule is O=C(OCc1cccnc1Br)c1ccn(Cc2ccccc2)n1. The van der Waals surface area contributed by atoms with Gasteiger partial charge in [-0.2, -0.15) is 5.10 Å². The van der Waals surface area contributed by atoms with Crippen molar-refractivity contribution in [1.82, 2.24) is 14.8 Å². The highest BCUT2D eigenvalue weighted by Crippen LogP contribution is 2.14. The highest BCUT2D eigenvalue weighted by Gasteiger charge is 2.12. The smallest absolute Gasteiger partial charge is 0.359 e. The highest BCUT2D eigenvalue weighted by atomic mass is 79.9. The lowest BCUT2D eigenvalue weighted by atomic mass is 10.2. The molecular formula is C17H14BrN3O2. The van der Waals surface area contributed by atoms with Gasteiger partial charge in [-0.05, 0) is 33.6 Å². The molecule has 116 valence electrons. The summed E-state index contributed by atoms with van der Waals surface area (Å²) >= 11 is 3.32. The minimum absolute atomic E-state index is 0.152. The third-order valence-corrected chi connectivity index (χ3v) is 3.95. The lowest BCUT2D eigenvalue weighted by Crippen LogP contribution is -2.08. The molecule has 0 unspecified atom stereocenters. The number of benzene rings is 1. The van der Waals surface area contributed by atoms with Gasteiger partial charge in [-0.3, -0.25) is 4.68 Å². The second-order valence-electron chi connectivity index (χ2n) is 4.91. The van der Waals surface area contributed by atoms with Gasteiger partial charge in [0.05, 0.1) is 6.54 Å². The van der Waals surface area contributed by atoms with Crippen molar-refractivity contribution < 1.29 is 9.53 Å². The topological polar surface area (TPSA) is 57.0 Å². The van der Waals surface area contributed by atoms with E-state index in [1.54, 1.807) is 29.2 Å². The van der Waals surface area contributed by atoms with Crippen molar-refractivity contribution in [3.05, 3.63) is 82.3 Å². The Bertz CT molecular complexity index is 802. The molecule has 6 heteroatoms. The van der Waals surface area contributed by atoms with E-state index in [1.165, 1.54) is 0 Å². The lowest BCUT2D eigenvalue weighted by molar-refractivity contribution is 0.0463. The molecule has 2 heterocycles. The summed E-state index contributed by atoms with van der Waals surface area (Å²) in [6.45, 7) is 0.765. The van der Waals surface area contributed by atoms with Gasteiger partial charge in [-0.1, -0.05) is 36.4 Å². The molecule has 0 amide bonds. The molecule has 0 atom stereocenters. The molecule has 0 saturated heterocycles.